The van der Waals surface area contributed by atoms with Crippen LogP contribution in [-0.4, -0.2) is 47.3 Å². The molecule has 1 rings (SSSR count). The van der Waals surface area contributed by atoms with Gasteiger partial charge in [-0.15, -0.1) is 0 Å². The van der Waals surface area contributed by atoms with Crippen LogP contribution in [0.25, 0.3) is 0 Å². The molecule has 0 aromatic rings. The van der Waals surface area contributed by atoms with E-state index in [-0.39, 0.29) is 13.0 Å². The van der Waals surface area contributed by atoms with Crippen LogP contribution in [0.3, 0.4) is 0 Å². The summed E-state index contributed by atoms with van der Waals surface area (Å²) in [6.07, 6.45) is 1.20. The monoisotopic (exact) mass is 173 g/mol. The van der Waals surface area contributed by atoms with Gasteiger partial charge in [0.15, 0.2) is 0 Å². The maximum absolute atomic E-state index is 10.2. The lowest BCUT2D eigenvalue weighted by molar-refractivity contribution is -0.137. The van der Waals surface area contributed by atoms with Crippen LogP contribution in [0.2, 0.25) is 0 Å². The first-order valence-corrected chi connectivity index (χ1v) is 4.27. The molecule has 0 aromatic heterocycles. The summed E-state index contributed by atoms with van der Waals surface area (Å²) in [5, 5.41) is 17.2. The first kappa shape index (κ1) is 9.48. The minimum absolute atomic E-state index is 0.206. The highest BCUT2D eigenvalue weighted by atomic mass is 16.4. The van der Waals surface area contributed by atoms with Gasteiger partial charge in [-0.2, -0.15) is 0 Å². The Kier molecular flexibility index (Phi) is 3.49. The van der Waals surface area contributed by atoms with E-state index < -0.39 is 5.97 Å². The third-order valence-electron chi connectivity index (χ3n) is 2.27. The van der Waals surface area contributed by atoms with E-state index in [1.54, 1.807) is 0 Å². The first-order chi connectivity index (χ1) is 5.72. The van der Waals surface area contributed by atoms with Crippen LogP contribution in [-0.2, 0) is 4.79 Å². The third-order valence-corrected chi connectivity index (χ3v) is 2.27. The van der Waals surface area contributed by atoms with Gasteiger partial charge in [0.25, 0.3) is 0 Å². The van der Waals surface area contributed by atoms with Gasteiger partial charge in [-0.3, -0.25) is 4.79 Å². The third kappa shape index (κ3) is 2.79. The van der Waals surface area contributed by atoms with Crippen molar-refractivity contribution in [2.75, 3.05) is 26.2 Å². The molecule has 1 atom stereocenters. The minimum atomic E-state index is -0.748. The molecule has 0 amide bonds. The summed E-state index contributed by atoms with van der Waals surface area (Å²) in [7, 11) is 0. The number of carbonyl (C=O) groups is 1. The largest absolute Gasteiger partial charge is 0.481 e. The molecule has 0 radical (unpaired) electrons. The average Bonchev–Trinajstić information content (AvgIpc) is 2.48. The molecule has 4 nitrogen and oxygen atoms in total. The molecule has 4 heteroatoms. The van der Waals surface area contributed by atoms with E-state index in [2.05, 4.69) is 4.90 Å². The number of nitrogens with zero attached hydrogens (tertiary/aromatic N) is 1. The van der Waals surface area contributed by atoms with Crippen LogP contribution in [0, 0.1) is 5.92 Å². The average molecular weight is 173 g/mol. The van der Waals surface area contributed by atoms with Gasteiger partial charge in [-0.1, -0.05) is 0 Å². The van der Waals surface area contributed by atoms with Gasteiger partial charge in [-0.25, -0.2) is 0 Å². The van der Waals surface area contributed by atoms with E-state index in [0.717, 1.165) is 19.5 Å². The molecule has 1 aliphatic rings. The predicted molar refractivity (Wildman–Crippen MR) is 43.9 cm³/mol. The van der Waals surface area contributed by atoms with Crippen molar-refractivity contribution in [3.8, 4) is 0 Å². The van der Waals surface area contributed by atoms with E-state index in [9.17, 15) is 4.79 Å². The van der Waals surface area contributed by atoms with Gasteiger partial charge in [-0.05, 0) is 18.9 Å². The number of aliphatic hydroxyl groups excluding tert-OH is 1. The molecule has 0 aromatic carbocycles. The van der Waals surface area contributed by atoms with Gasteiger partial charge >= 0.3 is 5.97 Å². The number of aliphatic carboxylic acids is 1. The van der Waals surface area contributed by atoms with E-state index in [0.29, 0.717) is 12.5 Å². The molecule has 0 saturated carbocycles. The molecule has 1 saturated heterocycles. The lowest BCUT2D eigenvalue weighted by Crippen LogP contribution is -2.24. The van der Waals surface area contributed by atoms with Gasteiger partial charge in [0, 0.05) is 19.7 Å². The van der Waals surface area contributed by atoms with Crippen molar-refractivity contribution < 1.29 is 15.0 Å². The number of rotatable bonds is 4. The number of carboxylic acids is 1. The normalized spacial score (nSPS) is 24.6. The molecule has 70 valence electrons. The topological polar surface area (TPSA) is 60.8 Å². The smallest absolute Gasteiger partial charge is 0.304 e. The van der Waals surface area contributed by atoms with E-state index >= 15 is 0 Å². The van der Waals surface area contributed by atoms with Crippen LogP contribution in [0.5, 0.6) is 0 Å². The SMILES string of the molecule is O=C(O)CCN1CCC(CO)C1. The summed E-state index contributed by atoms with van der Waals surface area (Å²) in [5.74, 6) is -0.388. The number of hydrogen-bond donors (Lipinski definition) is 2. The number of aliphatic hydroxyl groups is 1. The standard InChI is InChI=1S/C8H15NO3/c10-6-7-1-3-9(5-7)4-2-8(11)12/h7,10H,1-6H2,(H,11,12). The van der Waals surface area contributed by atoms with Gasteiger partial charge < -0.3 is 15.1 Å². The Hall–Kier alpha value is -0.610. The first-order valence-electron chi connectivity index (χ1n) is 4.27. The lowest BCUT2D eigenvalue weighted by atomic mass is 10.1. The quantitative estimate of drug-likeness (QED) is 0.616. The summed E-state index contributed by atoms with van der Waals surface area (Å²) in [5.41, 5.74) is 0. The summed E-state index contributed by atoms with van der Waals surface area (Å²) in [6.45, 7) is 2.62. The van der Waals surface area contributed by atoms with E-state index in [4.69, 9.17) is 10.2 Å². The van der Waals surface area contributed by atoms with Crippen molar-refractivity contribution in [2.24, 2.45) is 5.92 Å². The van der Waals surface area contributed by atoms with Gasteiger partial charge in [0.2, 0.25) is 0 Å². The Morgan fingerprint density at radius 1 is 1.58 bits per heavy atom. The lowest BCUT2D eigenvalue weighted by Gasteiger charge is -2.13. The zero-order chi connectivity index (χ0) is 8.97. The molecule has 0 spiro atoms. The van der Waals surface area contributed by atoms with Crippen molar-refractivity contribution in [1.29, 1.82) is 0 Å². The van der Waals surface area contributed by atoms with Crippen LogP contribution in [0.4, 0.5) is 0 Å². The Labute approximate surface area is 71.8 Å². The minimum Gasteiger partial charge on any atom is -0.481 e. The van der Waals surface area contributed by atoms with E-state index in [1.165, 1.54) is 0 Å². The molecule has 2 N–H and O–H groups in total. The molecule has 0 aliphatic carbocycles. The van der Waals surface area contributed by atoms with Gasteiger partial charge in [0.1, 0.15) is 0 Å². The van der Waals surface area contributed by atoms with Crippen LogP contribution < -0.4 is 0 Å². The van der Waals surface area contributed by atoms with Crippen molar-refractivity contribution >= 4 is 5.97 Å². The zero-order valence-electron chi connectivity index (χ0n) is 7.07. The number of hydrogen-bond acceptors (Lipinski definition) is 3. The van der Waals surface area contributed by atoms with Crippen LogP contribution in [0.15, 0.2) is 0 Å². The Bertz CT molecular complexity index is 160. The zero-order valence-corrected chi connectivity index (χ0v) is 7.07. The molecule has 0 bridgehead atoms. The van der Waals surface area contributed by atoms with Crippen LogP contribution in [0.1, 0.15) is 12.8 Å². The Morgan fingerprint density at radius 2 is 2.33 bits per heavy atom. The highest BCUT2D eigenvalue weighted by Crippen LogP contribution is 2.14. The second-order valence-corrected chi connectivity index (χ2v) is 3.28. The highest BCUT2D eigenvalue weighted by Gasteiger charge is 2.21. The maximum atomic E-state index is 10.2. The van der Waals surface area contributed by atoms with Crippen molar-refractivity contribution in [3.05, 3.63) is 0 Å². The molecule has 1 unspecified atom stereocenters. The summed E-state index contributed by atoms with van der Waals surface area (Å²) < 4.78 is 0. The van der Waals surface area contributed by atoms with Gasteiger partial charge in [0.05, 0.1) is 6.42 Å². The molecule has 1 heterocycles. The van der Waals surface area contributed by atoms with Crippen molar-refractivity contribution in [3.63, 3.8) is 0 Å². The summed E-state index contributed by atoms with van der Waals surface area (Å²) >= 11 is 0. The molecule has 1 fully saturated rings. The van der Waals surface area contributed by atoms with Crippen molar-refractivity contribution in [1.82, 2.24) is 4.90 Å². The Morgan fingerprint density at radius 3 is 2.83 bits per heavy atom. The molecular formula is C8H15NO3. The second kappa shape index (κ2) is 4.42. The predicted octanol–water partition coefficient (Wildman–Crippen LogP) is -0.225. The van der Waals surface area contributed by atoms with Crippen LogP contribution >= 0.6 is 0 Å². The molecule has 12 heavy (non-hydrogen) atoms. The number of carboxylic acid groups (broad SMARTS) is 1. The highest BCUT2D eigenvalue weighted by molar-refractivity contribution is 5.66. The fourth-order valence-electron chi connectivity index (χ4n) is 1.52. The molecule has 1 aliphatic heterocycles. The van der Waals surface area contributed by atoms with Crippen molar-refractivity contribution in [2.45, 2.75) is 12.8 Å². The maximum Gasteiger partial charge on any atom is 0.304 e. The summed E-state index contributed by atoms with van der Waals surface area (Å²) in [6, 6.07) is 0. The number of likely N-dealkylation sites (tertiary alicyclic amines) is 1. The fraction of sp³-hybridized carbons (Fsp3) is 0.875. The second-order valence-electron chi connectivity index (χ2n) is 3.28. The Balaban J connectivity index is 2.15. The van der Waals surface area contributed by atoms with E-state index in [1.807, 2.05) is 0 Å². The fourth-order valence-corrected chi connectivity index (χ4v) is 1.52. The molecular weight excluding hydrogens is 158 g/mol. The summed E-state index contributed by atoms with van der Waals surface area (Å²) in [4.78, 5) is 12.3.